The quantitative estimate of drug-likeness (QED) is 0.764. The molecule has 0 radical (unpaired) electrons. The fourth-order valence-electron chi connectivity index (χ4n) is 1.22. The Balaban J connectivity index is 2.88. The summed E-state index contributed by atoms with van der Waals surface area (Å²) in [5.74, 6) is -2.78. The van der Waals surface area contributed by atoms with Gasteiger partial charge in [-0.2, -0.15) is 0 Å². The molecule has 7 heteroatoms. The minimum absolute atomic E-state index is 0.0517. The molecule has 7 nitrogen and oxygen atoms in total. The van der Waals surface area contributed by atoms with Crippen molar-refractivity contribution in [1.29, 1.82) is 0 Å². The van der Waals surface area contributed by atoms with E-state index in [4.69, 9.17) is 20.0 Å². The molecule has 0 aliphatic heterocycles. The van der Waals surface area contributed by atoms with Crippen LogP contribution in [0.25, 0.3) is 0 Å². The normalized spacial score (nSPS) is 13.1. The second-order valence-corrected chi connectivity index (χ2v) is 4.70. The highest BCUT2D eigenvalue weighted by Gasteiger charge is 2.30. The van der Waals surface area contributed by atoms with E-state index in [1.807, 2.05) is 0 Å². The first-order chi connectivity index (χ1) is 8.24. The van der Waals surface area contributed by atoms with Crippen LogP contribution in [0.15, 0.2) is 10.7 Å². The largest absolute Gasteiger partial charge is 0.476 e. The molecule has 0 fully saturated rings. The van der Waals surface area contributed by atoms with Gasteiger partial charge < -0.3 is 20.0 Å². The van der Waals surface area contributed by atoms with Gasteiger partial charge in [0.25, 0.3) is 0 Å². The first-order valence-corrected chi connectivity index (χ1v) is 5.36. The Kier molecular flexibility index (Phi) is 4.07. The number of carbonyl (C=O) groups is 2. The Morgan fingerprint density at radius 3 is 2.56 bits per heavy atom. The van der Waals surface area contributed by atoms with E-state index in [1.54, 1.807) is 20.8 Å². The van der Waals surface area contributed by atoms with Crippen molar-refractivity contribution < 1.29 is 23.8 Å². The van der Waals surface area contributed by atoms with Crippen molar-refractivity contribution in [2.75, 3.05) is 6.54 Å². The number of carboxylic acids is 1. The molecule has 0 saturated carbocycles. The van der Waals surface area contributed by atoms with Crippen molar-refractivity contribution in [1.82, 2.24) is 4.98 Å². The topological polar surface area (TPSA) is 116 Å². The van der Waals surface area contributed by atoms with Crippen molar-refractivity contribution in [3.05, 3.63) is 17.8 Å². The lowest BCUT2D eigenvalue weighted by Crippen LogP contribution is -2.31. The summed E-state index contributed by atoms with van der Waals surface area (Å²) in [7, 11) is 0. The molecule has 1 unspecified atom stereocenters. The zero-order valence-electron chi connectivity index (χ0n) is 10.5. The van der Waals surface area contributed by atoms with Gasteiger partial charge in [0, 0.05) is 6.54 Å². The fraction of sp³-hybridized carbons (Fsp3) is 0.545. The van der Waals surface area contributed by atoms with Crippen LogP contribution in [0.4, 0.5) is 0 Å². The van der Waals surface area contributed by atoms with E-state index in [-0.39, 0.29) is 18.1 Å². The van der Waals surface area contributed by atoms with Crippen LogP contribution in [0.2, 0.25) is 0 Å². The van der Waals surface area contributed by atoms with Gasteiger partial charge in [0.05, 0.1) is 0 Å². The fourth-order valence-corrected chi connectivity index (χ4v) is 1.22. The summed E-state index contributed by atoms with van der Waals surface area (Å²) >= 11 is 0. The number of aromatic nitrogens is 1. The maximum Gasteiger partial charge on any atom is 0.357 e. The summed E-state index contributed by atoms with van der Waals surface area (Å²) in [5, 5.41) is 8.71. The van der Waals surface area contributed by atoms with Crippen molar-refractivity contribution >= 4 is 11.9 Å². The molecule has 0 aromatic carbocycles. The van der Waals surface area contributed by atoms with Gasteiger partial charge in [-0.3, -0.25) is 4.79 Å². The highest BCUT2D eigenvalue weighted by Crippen LogP contribution is 2.19. The van der Waals surface area contributed by atoms with Gasteiger partial charge in [0.15, 0.2) is 5.69 Å². The van der Waals surface area contributed by atoms with Gasteiger partial charge in [-0.25, -0.2) is 9.78 Å². The van der Waals surface area contributed by atoms with Gasteiger partial charge in [0.2, 0.25) is 5.89 Å². The number of hydrogen-bond donors (Lipinski definition) is 2. The maximum absolute atomic E-state index is 11.8. The molecule has 100 valence electrons. The SMILES string of the molecule is CC(C)(C)OC(=O)C(CN)c1nc(C(=O)O)co1. The minimum atomic E-state index is -1.23. The van der Waals surface area contributed by atoms with Crippen LogP contribution in [-0.2, 0) is 9.53 Å². The number of oxazole rings is 1. The molecule has 0 aliphatic carbocycles. The molecule has 0 aliphatic rings. The molecule has 1 atom stereocenters. The number of carboxylic acid groups (broad SMARTS) is 1. The molecule has 3 N–H and O–H groups in total. The van der Waals surface area contributed by atoms with E-state index in [0.717, 1.165) is 6.26 Å². The molecule has 1 rings (SSSR count). The van der Waals surface area contributed by atoms with Gasteiger partial charge in [-0.05, 0) is 20.8 Å². The molecule has 1 heterocycles. The Morgan fingerprint density at radius 1 is 1.56 bits per heavy atom. The highest BCUT2D eigenvalue weighted by atomic mass is 16.6. The monoisotopic (exact) mass is 256 g/mol. The molecular formula is C11H16N2O5. The van der Waals surface area contributed by atoms with E-state index >= 15 is 0 Å². The lowest BCUT2D eigenvalue weighted by Gasteiger charge is -2.21. The average molecular weight is 256 g/mol. The van der Waals surface area contributed by atoms with Crippen molar-refractivity contribution in [2.24, 2.45) is 5.73 Å². The lowest BCUT2D eigenvalue weighted by molar-refractivity contribution is -0.157. The van der Waals surface area contributed by atoms with Crippen LogP contribution in [-0.4, -0.2) is 34.2 Å². The zero-order chi connectivity index (χ0) is 13.9. The Morgan fingerprint density at radius 2 is 2.17 bits per heavy atom. The third kappa shape index (κ3) is 3.56. The van der Waals surface area contributed by atoms with Gasteiger partial charge in [-0.15, -0.1) is 0 Å². The highest BCUT2D eigenvalue weighted by molar-refractivity contribution is 5.85. The Bertz CT molecular complexity index is 447. The summed E-state index contributed by atoms with van der Waals surface area (Å²) in [6.45, 7) is 5.08. The second-order valence-electron chi connectivity index (χ2n) is 4.70. The second kappa shape index (κ2) is 5.18. The van der Waals surface area contributed by atoms with E-state index in [2.05, 4.69) is 4.98 Å². The molecule has 1 aromatic rings. The number of hydrogen-bond acceptors (Lipinski definition) is 6. The number of nitrogens with two attached hydrogens (primary N) is 1. The van der Waals surface area contributed by atoms with Gasteiger partial charge in [-0.1, -0.05) is 0 Å². The number of nitrogens with zero attached hydrogens (tertiary/aromatic N) is 1. The van der Waals surface area contributed by atoms with Crippen LogP contribution >= 0.6 is 0 Å². The molecule has 0 bridgehead atoms. The standard InChI is InChI=1S/C11H16N2O5/c1-11(2,3)18-10(16)6(4-12)8-13-7(5-17-8)9(14)15/h5-6H,4,12H2,1-3H3,(H,14,15). The van der Waals surface area contributed by atoms with Crippen LogP contribution in [0.3, 0.4) is 0 Å². The molecule has 0 amide bonds. The summed E-state index contributed by atoms with van der Waals surface area (Å²) in [6.07, 6.45) is 0.963. The number of carbonyl (C=O) groups excluding carboxylic acids is 1. The summed E-state index contributed by atoms with van der Waals surface area (Å²) < 4.78 is 10.1. The third-order valence-electron chi connectivity index (χ3n) is 1.97. The van der Waals surface area contributed by atoms with E-state index < -0.39 is 23.5 Å². The van der Waals surface area contributed by atoms with Crippen molar-refractivity contribution in [2.45, 2.75) is 32.3 Å². The first-order valence-electron chi connectivity index (χ1n) is 5.36. The predicted octanol–water partition coefficient (Wildman–Crippen LogP) is 0.757. The molecular weight excluding hydrogens is 240 g/mol. The van der Waals surface area contributed by atoms with Crippen LogP contribution in [0, 0.1) is 0 Å². The number of aromatic carboxylic acids is 1. The van der Waals surface area contributed by atoms with Crippen molar-refractivity contribution in [3.8, 4) is 0 Å². The maximum atomic E-state index is 11.8. The third-order valence-corrected chi connectivity index (χ3v) is 1.97. The molecule has 0 saturated heterocycles. The van der Waals surface area contributed by atoms with E-state index in [9.17, 15) is 9.59 Å². The number of rotatable bonds is 4. The lowest BCUT2D eigenvalue weighted by atomic mass is 10.1. The zero-order valence-corrected chi connectivity index (χ0v) is 10.5. The predicted molar refractivity (Wildman–Crippen MR) is 61.1 cm³/mol. The number of esters is 1. The average Bonchev–Trinajstić information content (AvgIpc) is 2.65. The summed E-state index contributed by atoms with van der Waals surface area (Å²) in [5.41, 5.74) is 4.53. The van der Waals surface area contributed by atoms with Crippen LogP contribution in [0.5, 0.6) is 0 Å². The van der Waals surface area contributed by atoms with Crippen LogP contribution in [0.1, 0.15) is 43.1 Å². The van der Waals surface area contributed by atoms with Crippen molar-refractivity contribution in [3.63, 3.8) is 0 Å². The molecule has 1 aromatic heterocycles. The first kappa shape index (κ1) is 14.2. The summed E-state index contributed by atoms with van der Waals surface area (Å²) in [4.78, 5) is 26.2. The van der Waals surface area contributed by atoms with Gasteiger partial charge in [0.1, 0.15) is 17.8 Å². The van der Waals surface area contributed by atoms with E-state index in [0.29, 0.717) is 0 Å². The summed E-state index contributed by atoms with van der Waals surface area (Å²) in [6, 6.07) is 0. The molecule has 0 spiro atoms. The van der Waals surface area contributed by atoms with Gasteiger partial charge >= 0.3 is 11.9 Å². The molecule has 18 heavy (non-hydrogen) atoms. The van der Waals surface area contributed by atoms with Crippen LogP contribution < -0.4 is 5.73 Å². The smallest absolute Gasteiger partial charge is 0.357 e. The van der Waals surface area contributed by atoms with E-state index in [1.165, 1.54) is 0 Å². The Hall–Kier alpha value is -1.89. The number of ether oxygens (including phenoxy) is 1. The minimum Gasteiger partial charge on any atom is -0.476 e. The Labute approximate surface area is 104 Å².